The average molecular weight is 438 g/mol. The maximum atomic E-state index is 13.2. The molecule has 4 N–H and O–H groups in total. The van der Waals surface area contributed by atoms with Gasteiger partial charge in [-0.05, 0) is 57.1 Å². The van der Waals surface area contributed by atoms with Crippen molar-refractivity contribution in [3.05, 3.63) is 23.9 Å². The fourth-order valence-electron chi connectivity index (χ4n) is 4.02. The molecular formula is C21H32FN5O4. The van der Waals surface area contributed by atoms with Crippen LogP contribution in [0, 0.1) is 5.92 Å². The first kappa shape index (κ1) is 23.2. The predicted octanol–water partition coefficient (Wildman–Crippen LogP) is 1.58. The standard InChI is InChI=1S/C21H32FN5O4/c1-12(22)13(2)24-21(29)31-16-5-4-15(10-16)17-11-18(27-26-17)25-19(28)8-14-6-7-23-20(9-14)30-3/h6-7,9,12-13,15-18,26-27H,4-5,8,10-11H2,1-3H3,(H,24,29)(H,25,28)/t12-,13+,15+,16-,17?,18?/m1/s1. The number of methoxy groups -OCH3 is 1. The molecule has 1 aromatic heterocycles. The quantitative estimate of drug-likeness (QED) is 0.488. The Morgan fingerprint density at radius 1 is 1.29 bits per heavy atom. The minimum absolute atomic E-state index is 0.0892. The number of alkyl halides is 1. The third-order valence-corrected chi connectivity index (χ3v) is 5.94. The van der Waals surface area contributed by atoms with Crippen molar-refractivity contribution >= 4 is 12.0 Å². The number of hydrazine groups is 1. The Kier molecular flexibility index (Phi) is 8.03. The lowest BCUT2D eigenvalue weighted by Crippen LogP contribution is -2.45. The fraction of sp³-hybridized carbons (Fsp3) is 0.667. The van der Waals surface area contributed by atoms with Gasteiger partial charge in [-0.15, -0.1) is 0 Å². The van der Waals surface area contributed by atoms with Crippen LogP contribution in [0.4, 0.5) is 9.18 Å². The highest BCUT2D eigenvalue weighted by Crippen LogP contribution is 2.33. The Balaban J connectivity index is 1.39. The van der Waals surface area contributed by atoms with Crippen LogP contribution in [0.25, 0.3) is 0 Å². The van der Waals surface area contributed by atoms with Crippen molar-refractivity contribution < 1.29 is 23.5 Å². The molecule has 1 aromatic rings. The van der Waals surface area contributed by atoms with Crippen molar-refractivity contribution in [1.82, 2.24) is 26.5 Å². The van der Waals surface area contributed by atoms with Crippen molar-refractivity contribution in [2.45, 2.75) is 76.5 Å². The summed E-state index contributed by atoms with van der Waals surface area (Å²) in [5.41, 5.74) is 7.22. The van der Waals surface area contributed by atoms with E-state index in [1.807, 2.05) is 0 Å². The molecule has 2 amide bonds. The highest BCUT2D eigenvalue weighted by atomic mass is 19.1. The SMILES string of the molecule is COc1cc(CC(=O)NC2CC([C@H]3CC[C@@H](OC(=O)N[C@@H](C)[C@@H](C)F)C3)NN2)ccn1. The van der Waals surface area contributed by atoms with Gasteiger partial charge in [0.05, 0.1) is 25.7 Å². The van der Waals surface area contributed by atoms with E-state index in [1.165, 1.54) is 14.0 Å². The number of aromatic nitrogens is 1. The van der Waals surface area contributed by atoms with Crippen molar-refractivity contribution in [3.63, 3.8) is 0 Å². The van der Waals surface area contributed by atoms with Gasteiger partial charge >= 0.3 is 6.09 Å². The van der Waals surface area contributed by atoms with E-state index in [0.29, 0.717) is 11.8 Å². The summed E-state index contributed by atoms with van der Waals surface area (Å²) in [4.78, 5) is 28.3. The molecule has 1 aliphatic heterocycles. The molecule has 9 nitrogen and oxygen atoms in total. The molecule has 172 valence electrons. The lowest BCUT2D eigenvalue weighted by molar-refractivity contribution is -0.121. The van der Waals surface area contributed by atoms with Crippen LogP contribution in [0.3, 0.4) is 0 Å². The number of hydrogen-bond acceptors (Lipinski definition) is 7. The Hall–Kier alpha value is -2.46. The number of nitrogens with zero attached hydrogens (tertiary/aromatic N) is 1. The van der Waals surface area contributed by atoms with Crippen LogP contribution in [0.1, 0.15) is 45.1 Å². The Morgan fingerprint density at radius 2 is 2.10 bits per heavy atom. The van der Waals surface area contributed by atoms with Gasteiger partial charge in [-0.3, -0.25) is 10.2 Å². The van der Waals surface area contributed by atoms with Gasteiger partial charge in [-0.2, -0.15) is 0 Å². The van der Waals surface area contributed by atoms with Gasteiger partial charge in [0.1, 0.15) is 12.3 Å². The van der Waals surface area contributed by atoms with Crippen molar-refractivity contribution in [1.29, 1.82) is 0 Å². The zero-order chi connectivity index (χ0) is 22.4. The summed E-state index contributed by atoms with van der Waals surface area (Å²) in [6, 6.07) is 3.12. The molecule has 31 heavy (non-hydrogen) atoms. The summed E-state index contributed by atoms with van der Waals surface area (Å²) in [6.45, 7) is 3.01. The first-order valence-electron chi connectivity index (χ1n) is 10.7. The van der Waals surface area contributed by atoms with Gasteiger partial charge in [0.2, 0.25) is 11.8 Å². The van der Waals surface area contributed by atoms with Crippen molar-refractivity contribution in [3.8, 4) is 5.88 Å². The predicted molar refractivity (Wildman–Crippen MR) is 112 cm³/mol. The minimum Gasteiger partial charge on any atom is -0.481 e. The molecule has 6 atom stereocenters. The molecular weight excluding hydrogens is 405 g/mol. The highest BCUT2D eigenvalue weighted by molar-refractivity contribution is 5.78. The molecule has 2 fully saturated rings. The lowest BCUT2D eigenvalue weighted by Gasteiger charge is -2.19. The van der Waals surface area contributed by atoms with Crippen LogP contribution in [0.2, 0.25) is 0 Å². The van der Waals surface area contributed by atoms with Gasteiger partial charge in [0, 0.05) is 18.3 Å². The Labute approximate surface area is 181 Å². The van der Waals surface area contributed by atoms with E-state index < -0.39 is 18.3 Å². The second kappa shape index (κ2) is 10.7. The number of amides is 2. The molecule has 0 spiro atoms. The molecule has 1 saturated heterocycles. The van der Waals surface area contributed by atoms with E-state index in [-0.39, 0.29) is 30.6 Å². The molecule has 0 aromatic carbocycles. The van der Waals surface area contributed by atoms with Gasteiger partial charge < -0.3 is 20.1 Å². The summed E-state index contributed by atoms with van der Waals surface area (Å²) in [5.74, 6) is 0.717. The number of rotatable bonds is 8. The molecule has 10 heteroatoms. The highest BCUT2D eigenvalue weighted by Gasteiger charge is 2.37. The van der Waals surface area contributed by atoms with E-state index >= 15 is 0 Å². The topological polar surface area (TPSA) is 114 Å². The number of hydrogen-bond donors (Lipinski definition) is 4. The maximum Gasteiger partial charge on any atom is 0.407 e. The van der Waals surface area contributed by atoms with Crippen LogP contribution in [-0.4, -0.2) is 54.6 Å². The summed E-state index contributed by atoms with van der Waals surface area (Å²) >= 11 is 0. The number of pyridine rings is 1. The number of carbonyl (C=O) groups is 2. The first-order chi connectivity index (χ1) is 14.8. The Bertz CT molecular complexity index is 765. The monoisotopic (exact) mass is 437 g/mol. The zero-order valence-corrected chi connectivity index (χ0v) is 18.2. The molecule has 0 radical (unpaired) electrons. The smallest absolute Gasteiger partial charge is 0.407 e. The average Bonchev–Trinajstić information content (AvgIpc) is 3.37. The van der Waals surface area contributed by atoms with E-state index in [4.69, 9.17) is 9.47 Å². The maximum absolute atomic E-state index is 13.2. The van der Waals surface area contributed by atoms with E-state index in [9.17, 15) is 14.0 Å². The second-order valence-electron chi connectivity index (χ2n) is 8.35. The molecule has 2 heterocycles. The molecule has 1 aliphatic carbocycles. The van der Waals surface area contributed by atoms with Crippen LogP contribution < -0.4 is 26.2 Å². The number of carbonyl (C=O) groups excluding carboxylic acids is 2. The largest absolute Gasteiger partial charge is 0.481 e. The van der Waals surface area contributed by atoms with Gasteiger partial charge in [-0.25, -0.2) is 19.6 Å². The molecule has 3 rings (SSSR count). The normalized spacial score (nSPS) is 27.4. The third kappa shape index (κ3) is 6.76. The minimum atomic E-state index is -1.13. The second-order valence-corrected chi connectivity index (χ2v) is 8.35. The summed E-state index contributed by atoms with van der Waals surface area (Å²) in [7, 11) is 1.54. The van der Waals surface area contributed by atoms with Crippen LogP contribution in [0.5, 0.6) is 5.88 Å². The number of alkyl carbamates (subject to hydrolysis) is 1. The van der Waals surface area contributed by atoms with E-state index in [0.717, 1.165) is 31.2 Å². The molecule has 2 unspecified atom stereocenters. The summed E-state index contributed by atoms with van der Waals surface area (Å²) in [5, 5.41) is 5.51. The first-order valence-corrected chi connectivity index (χ1v) is 10.7. The van der Waals surface area contributed by atoms with Crippen molar-refractivity contribution in [2.75, 3.05) is 7.11 Å². The number of nitrogens with one attached hydrogen (secondary N) is 4. The molecule has 2 aliphatic rings. The van der Waals surface area contributed by atoms with E-state index in [1.54, 1.807) is 25.3 Å². The number of halogens is 1. The van der Waals surface area contributed by atoms with Gasteiger partial charge in [-0.1, -0.05) is 0 Å². The summed E-state index contributed by atoms with van der Waals surface area (Å²) < 4.78 is 23.7. The summed E-state index contributed by atoms with van der Waals surface area (Å²) in [6.07, 6.45) is 2.98. The van der Waals surface area contributed by atoms with E-state index in [2.05, 4.69) is 26.5 Å². The molecule has 0 bridgehead atoms. The van der Waals surface area contributed by atoms with Gasteiger partial charge in [0.15, 0.2) is 0 Å². The molecule has 1 saturated carbocycles. The third-order valence-electron chi connectivity index (χ3n) is 5.94. The van der Waals surface area contributed by atoms with Crippen LogP contribution >= 0.6 is 0 Å². The lowest BCUT2D eigenvalue weighted by atomic mass is 9.96. The zero-order valence-electron chi connectivity index (χ0n) is 18.2. The Morgan fingerprint density at radius 3 is 2.84 bits per heavy atom. The number of ether oxygens (including phenoxy) is 2. The van der Waals surface area contributed by atoms with Crippen LogP contribution in [-0.2, 0) is 16.0 Å². The van der Waals surface area contributed by atoms with Crippen molar-refractivity contribution in [2.24, 2.45) is 5.92 Å². The van der Waals surface area contributed by atoms with Crippen LogP contribution in [0.15, 0.2) is 18.3 Å². The van der Waals surface area contributed by atoms with Gasteiger partial charge in [0.25, 0.3) is 0 Å². The fourth-order valence-corrected chi connectivity index (χ4v) is 4.02.